The number of ether oxygens (including phenoxy) is 1. The summed E-state index contributed by atoms with van der Waals surface area (Å²) in [5, 5.41) is 1.43. The number of carbonyl (C=O) groups is 2. The fourth-order valence-electron chi connectivity index (χ4n) is 2.55. The highest BCUT2D eigenvalue weighted by Crippen LogP contribution is 2.25. The van der Waals surface area contributed by atoms with E-state index in [0.717, 1.165) is 24.2 Å². The molecule has 1 fully saturated rings. The Morgan fingerprint density at radius 2 is 1.80 bits per heavy atom. The maximum absolute atomic E-state index is 12.4. The molecule has 6 nitrogen and oxygen atoms in total. The highest BCUT2D eigenvalue weighted by molar-refractivity contribution is 7.89. The number of hydrogen-bond donors (Lipinski definition) is 0. The minimum atomic E-state index is -3.56. The lowest BCUT2D eigenvalue weighted by molar-refractivity contribution is 0.0479. The van der Waals surface area contributed by atoms with E-state index in [2.05, 4.69) is 0 Å². The van der Waals surface area contributed by atoms with Gasteiger partial charge in [0.15, 0.2) is 12.4 Å². The Kier molecular flexibility index (Phi) is 5.31. The van der Waals surface area contributed by atoms with Crippen LogP contribution < -0.4 is 0 Å². The predicted molar refractivity (Wildman–Crippen MR) is 93.4 cm³/mol. The second-order valence-corrected chi connectivity index (χ2v) is 8.47. The third kappa shape index (κ3) is 3.97. The van der Waals surface area contributed by atoms with Crippen LogP contribution in [0.25, 0.3) is 0 Å². The average molecular weight is 379 g/mol. The van der Waals surface area contributed by atoms with Crippen LogP contribution in [0.3, 0.4) is 0 Å². The molecule has 25 heavy (non-hydrogen) atoms. The molecule has 0 spiro atoms. The zero-order chi connectivity index (χ0) is 17.9. The van der Waals surface area contributed by atoms with Gasteiger partial charge in [0, 0.05) is 24.0 Å². The van der Waals surface area contributed by atoms with Gasteiger partial charge in [0.2, 0.25) is 10.0 Å². The smallest absolute Gasteiger partial charge is 0.348 e. The zero-order valence-corrected chi connectivity index (χ0v) is 15.0. The first-order valence-electron chi connectivity index (χ1n) is 7.82. The van der Waals surface area contributed by atoms with E-state index in [1.54, 1.807) is 30.3 Å². The number of sulfonamides is 1. The Labute approximate surface area is 150 Å². The van der Waals surface area contributed by atoms with Gasteiger partial charge in [-0.15, -0.1) is 11.3 Å². The van der Waals surface area contributed by atoms with E-state index >= 15 is 0 Å². The molecule has 3 rings (SSSR count). The largest absolute Gasteiger partial charge is 0.453 e. The van der Waals surface area contributed by atoms with E-state index in [-0.39, 0.29) is 22.2 Å². The Bertz CT molecular complexity index is 867. The van der Waals surface area contributed by atoms with Crippen molar-refractivity contribution in [3.05, 3.63) is 52.2 Å². The lowest BCUT2D eigenvalue weighted by atomic mass is 10.1. The average Bonchev–Trinajstić information content (AvgIpc) is 3.32. The summed E-state index contributed by atoms with van der Waals surface area (Å²) < 4.78 is 31.3. The Balaban J connectivity index is 1.64. The Morgan fingerprint density at radius 3 is 2.48 bits per heavy atom. The molecular weight excluding hydrogens is 362 g/mol. The lowest BCUT2D eigenvalue weighted by Crippen LogP contribution is -2.27. The molecule has 2 aromatic rings. The molecule has 0 atom stereocenters. The number of nitrogens with zero attached hydrogens (tertiary/aromatic N) is 1. The monoisotopic (exact) mass is 379 g/mol. The number of ketones is 1. The highest BCUT2D eigenvalue weighted by atomic mass is 32.2. The molecule has 1 saturated heterocycles. The predicted octanol–water partition coefficient (Wildman–Crippen LogP) is 2.57. The maximum Gasteiger partial charge on any atom is 0.348 e. The molecule has 1 aromatic heterocycles. The summed E-state index contributed by atoms with van der Waals surface area (Å²) in [4.78, 5) is 24.3. The van der Waals surface area contributed by atoms with Crippen LogP contribution in [0, 0.1) is 0 Å². The van der Waals surface area contributed by atoms with Gasteiger partial charge in [0.1, 0.15) is 4.88 Å². The first-order valence-corrected chi connectivity index (χ1v) is 10.1. The molecule has 0 unspecified atom stereocenters. The summed E-state index contributed by atoms with van der Waals surface area (Å²) >= 11 is 0.999. The molecule has 0 amide bonds. The van der Waals surface area contributed by atoms with Crippen molar-refractivity contribution >= 4 is 33.1 Å². The second-order valence-electron chi connectivity index (χ2n) is 5.62. The van der Waals surface area contributed by atoms with E-state index in [1.165, 1.54) is 15.8 Å². The Hall–Kier alpha value is -2.03. The molecule has 0 N–H and O–H groups in total. The highest BCUT2D eigenvalue weighted by Gasteiger charge is 2.29. The quantitative estimate of drug-likeness (QED) is 0.569. The van der Waals surface area contributed by atoms with Gasteiger partial charge in [0.05, 0.1) is 4.90 Å². The fourth-order valence-corrected chi connectivity index (χ4v) is 5.22. The van der Waals surface area contributed by atoms with E-state index in [9.17, 15) is 18.0 Å². The topological polar surface area (TPSA) is 80.8 Å². The summed E-state index contributed by atoms with van der Waals surface area (Å²) in [6, 6.07) is 9.84. The maximum atomic E-state index is 12.4. The van der Waals surface area contributed by atoms with Crippen LogP contribution in [0.4, 0.5) is 0 Å². The summed E-state index contributed by atoms with van der Waals surface area (Å²) in [6.45, 7) is 0.627. The van der Waals surface area contributed by atoms with Gasteiger partial charge in [-0.2, -0.15) is 4.31 Å². The molecule has 0 bridgehead atoms. The van der Waals surface area contributed by atoms with E-state index in [1.807, 2.05) is 0 Å². The van der Waals surface area contributed by atoms with Gasteiger partial charge in [0.25, 0.3) is 0 Å². The molecule has 1 aliphatic heterocycles. The summed E-state index contributed by atoms with van der Waals surface area (Å²) in [5.41, 5.74) is 0.457. The zero-order valence-electron chi connectivity index (χ0n) is 13.4. The van der Waals surface area contributed by atoms with Crippen LogP contribution in [-0.4, -0.2) is 44.2 Å². The van der Waals surface area contributed by atoms with Crippen LogP contribution in [-0.2, 0) is 14.8 Å². The second kappa shape index (κ2) is 7.47. The number of Topliss-reactive ketones (excluding diaryl/α,β-unsaturated/α-hetero) is 1. The van der Waals surface area contributed by atoms with Gasteiger partial charge in [-0.3, -0.25) is 4.79 Å². The van der Waals surface area contributed by atoms with Crippen LogP contribution >= 0.6 is 11.3 Å². The molecular formula is C17H17NO5S2. The molecule has 8 heteroatoms. The van der Waals surface area contributed by atoms with Crippen molar-refractivity contribution in [3.63, 3.8) is 0 Å². The van der Waals surface area contributed by atoms with Crippen LogP contribution in [0.2, 0.25) is 0 Å². The van der Waals surface area contributed by atoms with Crippen molar-refractivity contribution in [2.75, 3.05) is 19.7 Å². The first-order chi connectivity index (χ1) is 12.0. The molecule has 132 valence electrons. The van der Waals surface area contributed by atoms with E-state index in [4.69, 9.17) is 4.74 Å². The van der Waals surface area contributed by atoms with E-state index < -0.39 is 16.0 Å². The molecule has 1 aromatic carbocycles. The molecule has 2 heterocycles. The van der Waals surface area contributed by atoms with Gasteiger partial charge in [-0.05, 0) is 18.9 Å². The lowest BCUT2D eigenvalue weighted by Gasteiger charge is -2.13. The minimum Gasteiger partial charge on any atom is -0.453 e. The third-order valence-corrected chi connectivity index (χ3v) is 6.85. The Morgan fingerprint density at radius 1 is 1.12 bits per heavy atom. The molecule has 1 aliphatic rings. The van der Waals surface area contributed by atoms with Crippen molar-refractivity contribution in [2.45, 2.75) is 17.7 Å². The fraction of sp³-hybridized carbons (Fsp3) is 0.294. The normalized spacial score (nSPS) is 15.2. The van der Waals surface area contributed by atoms with Crippen molar-refractivity contribution < 1.29 is 22.7 Å². The first kappa shape index (κ1) is 17.8. The summed E-state index contributed by atoms with van der Waals surface area (Å²) in [5.74, 6) is -1.01. The number of benzene rings is 1. The van der Waals surface area contributed by atoms with Crippen LogP contribution in [0.5, 0.6) is 0 Å². The van der Waals surface area contributed by atoms with E-state index in [0.29, 0.717) is 18.7 Å². The number of hydrogen-bond acceptors (Lipinski definition) is 6. The third-order valence-electron chi connectivity index (χ3n) is 3.91. The molecule has 0 radical (unpaired) electrons. The standard InChI is InChI=1S/C17H17NO5S2/c19-15(13-6-2-1-3-7-13)11-23-17(20)16-10-14(12-24-16)25(21,22)18-8-4-5-9-18/h1-3,6-7,10,12H,4-5,8-9,11H2. The van der Waals surface area contributed by atoms with Crippen molar-refractivity contribution in [3.8, 4) is 0 Å². The molecule has 0 saturated carbocycles. The number of thiophene rings is 1. The van der Waals surface area contributed by atoms with Gasteiger partial charge in [-0.1, -0.05) is 30.3 Å². The van der Waals surface area contributed by atoms with Crippen molar-refractivity contribution in [1.82, 2.24) is 4.31 Å². The van der Waals surface area contributed by atoms with Gasteiger partial charge in [-0.25, -0.2) is 13.2 Å². The van der Waals surface area contributed by atoms with Crippen molar-refractivity contribution in [2.24, 2.45) is 0 Å². The van der Waals surface area contributed by atoms with Crippen molar-refractivity contribution in [1.29, 1.82) is 0 Å². The van der Waals surface area contributed by atoms with Crippen LogP contribution in [0.1, 0.15) is 32.9 Å². The minimum absolute atomic E-state index is 0.0979. The van der Waals surface area contributed by atoms with Gasteiger partial charge < -0.3 is 4.74 Å². The summed E-state index contributed by atoms with van der Waals surface area (Å²) in [7, 11) is -3.56. The molecule has 0 aliphatic carbocycles. The number of rotatable bonds is 6. The van der Waals surface area contributed by atoms with Gasteiger partial charge >= 0.3 is 5.97 Å². The number of esters is 1. The number of carbonyl (C=O) groups excluding carboxylic acids is 2. The SMILES string of the molecule is O=C(COC(=O)c1cc(S(=O)(=O)N2CCCC2)cs1)c1ccccc1. The van der Waals surface area contributed by atoms with Crippen LogP contribution in [0.15, 0.2) is 46.7 Å². The summed E-state index contributed by atoms with van der Waals surface area (Å²) in [6.07, 6.45) is 1.69.